The fourth-order valence-electron chi connectivity index (χ4n) is 1.98. The van der Waals surface area contributed by atoms with Crippen molar-refractivity contribution in [3.63, 3.8) is 0 Å². The molecular weight excluding hydrogens is 355 g/mol. The third kappa shape index (κ3) is 8.35. The first-order valence-corrected chi connectivity index (χ1v) is 8.42. The molecule has 0 unspecified atom stereocenters. The van der Waals surface area contributed by atoms with E-state index < -0.39 is 35.4 Å². The van der Waals surface area contributed by atoms with Crippen molar-refractivity contribution in [2.24, 2.45) is 0 Å². The number of esters is 1. The van der Waals surface area contributed by atoms with Crippen molar-refractivity contribution in [1.82, 2.24) is 5.32 Å². The van der Waals surface area contributed by atoms with Crippen LogP contribution < -0.4 is 10.6 Å². The van der Waals surface area contributed by atoms with Crippen LogP contribution in [0.2, 0.25) is 0 Å². The molecule has 7 nitrogen and oxygen atoms in total. The number of hydrogen-bond acceptors (Lipinski definition) is 5. The number of benzene rings is 1. The molecule has 0 heterocycles. The molecule has 1 rings (SSSR count). The molecule has 0 aromatic heterocycles. The van der Waals surface area contributed by atoms with Gasteiger partial charge in [0.05, 0.1) is 6.61 Å². The first kappa shape index (κ1) is 22.1. The largest absolute Gasteiger partial charge is 0.464 e. The summed E-state index contributed by atoms with van der Waals surface area (Å²) in [5.41, 5.74) is -0.343. The number of halogens is 1. The fourth-order valence-corrected chi connectivity index (χ4v) is 1.98. The number of anilines is 1. The Morgan fingerprint density at radius 2 is 1.78 bits per heavy atom. The molecular formula is C19H25FN2O5. The van der Waals surface area contributed by atoms with Gasteiger partial charge in [0.25, 0.3) is 5.91 Å². The van der Waals surface area contributed by atoms with Crippen molar-refractivity contribution < 1.29 is 28.2 Å². The summed E-state index contributed by atoms with van der Waals surface area (Å²) in [7, 11) is 0. The Morgan fingerprint density at radius 1 is 1.19 bits per heavy atom. The molecule has 0 spiro atoms. The minimum Gasteiger partial charge on any atom is -0.464 e. The molecule has 0 aliphatic heterocycles. The summed E-state index contributed by atoms with van der Waals surface area (Å²) in [6.07, 6.45) is -0.988. The number of hydrogen-bond donors (Lipinski definition) is 2. The normalized spacial score (nSPS) is 11.9. The molecule has 1 aromatic rings. The number of carbonyl (C=O) groups excluding carboxylic acids is 3. The number of carbonyl (C=O) groups is 3. The lowest BCUT2D eigenvalue weighted by Gasteiger charge is -2.23. The van der Waals surface area contributed by atoms with E-state index in [0.717, 1.165) is 0 Å². The lowest BCUT2D eigenvalue weighted by Crippen LogP contribution is -2.45. The summed E-state index contributed by atoms with van der Waals surface area (Å²) in [6, 6.07) is 4.05. The van der Waals surface area contributed by atoms with Gasteiger partial charge < -0.3 is 20.1 Å². The van der Waals surface area contributed by atoms with Gasteiger partial charge in [0.15, 0.2) is 0 Å². The Hall–Kier alpha value is -2.90. The second-order valence-corrected chi connectivity index (χ2v) is 6.72. The summed E-state index contributed by atoms with van der Waals surface area (Å²) in [5.74, 6) is -1.71. The molecule has 0 aliphatic carbocycles. The van der Waals surface area contributed by atoms with Crippen LogP contribution in [0.25, 0.3) is 0 Å². The Labute approximate surface area is 157 Å². The van der Waals surface area contributed by atoms with Gasteiger partial charge in [0.1, 0.15) is 17.5 Å². The molecule has 8 heteroatoms. The lowest BCUT2D eigenvalue weighted by molar-refractivity contribution is -0.145. The number of nitrogens with one attached hydrogen (secondary N) is 2. The maximum absolute atomic E-state index is 12.9. The monoisotopic (exact) mass is 380 g/mol. The highest BCUT2D eigenvalue weighted by Crippen LogP contribution is 2.13. The van der Waals surface area contributed by atoms with Gasteiger partial charge in [-0.25, -0.2) is 14.0 Å². The highest BCUT2D eigenvalue weighted by atomic mass is 19.1. The number of amides is 2. The van der Waals surface area contributed by atoms with Crippen LogP contribution in [0.3, 0.4) is 0 Å². The topological polar surface area (TPSA) is 93.7 Å². The van der Waals surface area contributed by atoms with Gasteiger partial charge in [-0.2, -0.15) is 0 Å². The Balaban J connectivity index is 2.76. The van der Waals surface area contributed by atoms with Crippen molar-refractivity contribution in [3.05, 3.63) is 42.2 Å². The van der Waals surface area contributed by atoms with E-state index >= 15 is 0 Å². The maximum Gasteiger partial charge on any atom is 0.408 e. The predicted molar refractivity (Wildman–Crippen MR) is 98.6 cm³/mol. The number of alkyl carbamates (subject to hydrolysis) is 1. The molecule has 148 valence electrons. The van der Waals surface area contributed by atoms with Crippen LogP contribution in [-0.4, -0.2) is 36.2 Å². The molecule has 0 bridgehead atoms. The molecule has 0 saturated heterocycles. The van der Waals surface area contributed by atoms with Crippen LogP contribution in [0.4, 0.5) is 14.9 Å². The van der Waals surface area contributed by atoms with Gasteiger partial charge >= 0.3 is 12.1 Å². The van der Waals surface area contributed by atoms with Crippen molar-refractivity contribution in [2.75, 3.05) is 11.9 Å². The third-order valence-corrected chi connectivity index (χ3v) is 3.14. The zero-order valence-electron chi connectivity index (χ0n) is 15.9. The molecule has 27 heavy (non-hydrogen) atoms. The highest BCUT2D eigenvalue weighted by molar-refractivity contribution is 6.03. The Kier molecular flexibility index (Phi) is 7.96. The van der Waals surface area contributed by atoms with E-state index in [1.807, 2.05) is 0 Å². The van der Waals surface area contributed by atoms with E-state index in [2.05, 4.69) is 17.2 Å². The average molecular weight is 380 g/mol. The summed E-state index contributed by atoms with van der Waals surface area (Å²) in [5, 5.41) is 4.92. The van der Waals surface area contributed by atoms with Crippen LogP contribution in [-0.2, 0) is 19.1 Å². The average Bonchev–Trinajstić information content (AvgIpc) is 2.54. The van der Waals surface area contributed by atoms with Crippen LogP contribution >= 0.6 is 0 Å². The van der Waals surface area contributed by atoms with E-state index in [1.165, 1.54) is 24.3 Å². The molecule has 0 aliphatic rings. The number of rotatable bonds is 7. The van der Waals surface area contributed by atoms with Crippen molar-refractivity contribution >= 4 is 23.7 Å². The van der Waals surface area contributed by atoms with Gasteiger partial charge in [-0.05, 0) is 52.0 Å². The van der Waals surface area contributed by atoms with Gasteiger partial charge in [0.2, 0.25) is 0 Å². The third-order valence-electron chi connectivity index (χ3n) is 3.14. The number of ether oxygens (including phenoxy) is 2. The minimum absolute atomic E-state index is 0.0356. The molecule has 0 saturated carbocycles. The van der Waals surface area contributed by atoms with Crippen LogP contribution in [0, 0.1) is 5.82 Å². The Bertz CT molecular complexity index is 695. The molecule has 2 N–H and O–H groups in total. The second-order valence-electron chi connectivity index (χ2n) is 6.72. The van der Waals surface area contributed by atoms with Crippen LogP contribution in [0.1, 0.15) is 34.1 Å². The quantitative estimate of drug-likeness (QED) is 0.560. The van der Waals surface area contributed by atoms with E-state index in [9.17, 15) is 18.8 Å². The minimum atomic E-state index is -1.13. The van der Waals surface area contributed by atoms with E-state index in [1.54, 1.807) is 27.7 Å². The van der Waals surface area contributed by atoms with Gasteiger partial charge in [0, 0.05) is 17.7 Å². The summed E-state index contributed by atoms with van der Waals surface area (Å²) in [6.45, 7) is 10.4. The maximum atomic E-state index is 12.9. The van der Waals surface area contributed by atoms with Gasteiger partial charge in [-0.15, -0.1) is 0 Å². The standard InChI is InChI=1S/C19H25FN2O5/c1-6-26-17(24)15(22-18(25)27-19(3,4)5)11-12(2)16(23)21-14-9-7-13(20)8-10-14/h7-10,15H,2,6,11H2,1,3-5H3,(H,21,23)(H,22,25)/t15-/m0/s1. The van der Waals surface area contributed by atoms with Crippen molar-refractivity contribution in [1.29, 1.82) is 0 Å². The zero-order valence-corrected chi connectivity index (χ0v) is 15.9. The van der Waals surface area contributed by atoms with E-state index in [0.29, 0.717) is 5.69 Å². The zero-order chi connectivity index (χ0) is 20.6. The first-order valence-electron chi connectivity index (χ1n) is 8.42. The summed E-state index contributed by atoms with van der Waals surface area (Å²) < 4.78 is 23.0. The molecule has 2 amide bonds. The molecule has 1 aromatic carbocycles. The molecule has 0 radical (unpaired) electrons. The molecule has 0 fully saturated rings. The summed E-state index contributed by atoms with van der Waals surface area (Å²) >= 11 is 0. The van der Waals surface area contributed by atoms with Crippen molar-refractivity contribution in [2.45, 2.75) is 45.8 Å². The van der Waals surface area contributed by atoms with E-state index in [-0.39, 0.29) is 18.6 Å². The highest BCUT2D eigenvalue weighted by Gasteiger charge is 2.27. The molecule has 1 atom stereocenters. The van der Waals surface area contributed by atoms with Gasteiger partial charge in [-0.3, -0.25) is 4.79 Å². The summed E-state index contributed by atoms with van der Waals surface area (Å²) in [4.78, 5) is 36.3. The second kappa shape index (κ2) is 9.70. The lowest BCUT2D eigenvalue weighted by atomic mass is 10.1. The van der Waals surface area contributed by atoms with E-state index in [4.69, 9.17) is 9.47 Å². The van der Waals surface area contributed by atoms with Crippen LogP contribution in [0.15, 0.2) is 36.4 Å². The van der Waals surface area contributed by atoms with Crippen LogP contribution in [0.5, 0.6) is 0 Å². The Morgan fingerprint density at radius 3 is 2.30 bits per heavy atom. The predicted octanol–water partition coefficient (Wildman–Crippen LogP) is 3.17. The van der Waals surface area contributed by atoms with Crippen molar-refractivity contribution in [3.8, 4) is 0 Å². The van der Waals surface area contributed by atoms with Gasteiger partial charge in [-0.1, -0.05) is 6.58 Å². The first-order chi connectivity index (χ1) is 12.5. The SMILES string of the molecule is C=C(C[C@H](NC(=O)OC(C)(C)C)C(=O)OCC)C(=O)Nc1ccc(F)cc1. The fraction of sp³-hybridized carbons (Fsp3) is 0.421. The smallest absolute Gasteiger partial charge is 0.408 e.